The zero-order chi connectivity index (χ0) is 13.7. The number of hydrogen-bond acceptors (Lipinski definition) is 6. The number of carbonyl (C=O) groups excluding carboxylic acids is 2. The van der Waals surface area contributed by atoms with Gasteiger partial charge >= 0.3 is 11.9 Å². The van der Waals surface area contributed by atoms with Crippen molar-refractivity contribution in [2.24, 2.45) is 0 Å². The van der Waals surface area contributed by atoms with Crippen LogP contribution in [0.3, 0.4) is 0 Å². The van der Waals surface area contributed by atoms with E-state index in [0.717, 1.165) is 0 Å². The standard InChI is InChI=1S/C12H11NO5/c1-7(14)17-10-3-9(12(16)6-13)4-11(5-10)18-8(2)15/h3-5,12,16H,1-2H3/t12-/m0/s1. The van der Waals surface area contributed by atoms with Crippen molar-refractivity contribution in [3.63, 3.8) is 0 Å². The minimum atomic E-state index is -1.39. The van der Waals surface area contributed by atoms with Crippen LogP contribution in [0.1, 0.15) is 25.5 Å². The third kappa shape index (κ3) is 3.88. The molecule has 0 aliphatic heterocycles. The molecule has 1 N–H and O–H groups in total. The summed E-state index contributed by atoms with van der Waals surface area (Å²) in [6.07, 6.45) is -1.39. The van der Waals surface area contributed by atoms with Crippen molar-refractivity contribution in [1.82, 2.24) is 0 Å². The molecule has 1 rings (SSSR count). The fraction of sp³-hybridized carbons (Fsp3) is 0.250. The Hall–Kier alpha value is -2.39. The second kappa shape index (κ2) is 5.80. The molecule has 0 aromatic heterocycles. The Morgan fingerprint density at radius 1 is 1.17 bits per heavy atom. The van der Waals surface area contributed by atoms with Gasteiger partial charge in [-0.25, -0.2) is 0 Å². The van der Waals surface area contributed by atoms with Crippen molar-refractivity contribution in [2.75, 3.05) is 0 Å². The van der Waals surface area contributed by atoms with Crippen LogP contribution in [0, 0.1) is 11.3 Å². The van der Waals surface area contributed by atoms with E-state index in [4.69, 9.17) is 14.7 Å². The van der Waals surface area contributed by atoms with E-state index in [9.17, 15) is 14.7 Å². The number of aliphatic hydroxyl groups is 1. The largest absolute Gasteiger partial charge is 0.427 e. The maximum atomic E-state index is 10.8. The van der Waals surface area contributed by atoms with Crippen LogP contribution in [0.2, 0.25) is 0 Å². The van der Waals surface area contributed by atoms with Crippen molar-refractivity contribution in [3.8, 4) is 17.6 Å². The fourth-order valence-electron chi connectivity index (χ4n) is 1.28. The third-order valence-corrected chi connectivity index (χ3v) is 1.86. The maximum absolute atomic E-state index is 10.8. The van der Waals surface area contributed by atoms with Gasteiger partial charge in [-0.1, -0.05) is 0 Å². The number of hydrogen-bond donors (Lipinski definition) is 1. The van der Waals surface area contributed by atoms with Crippen molar-refractivity contribution >= 4 is 11.9 Å². The van der Waals surface area contributed by atoms with Gasteiger partial charge in [0.2, 0.25) is 0 Å². The van der Waals surface area contributed by atoms with Crippen LogP contribution in [0.4, 0.5) is 0 Å². The van der Waals surface area contributed by atoms with Gasteiger partial charge in [-0.05, 0) is 12.1 Å². The number of nitriles is 1. The van der Waals surface area contributed by atoms with Crippen LogP contribution in [0.25, 0.3) is 0 Å². The first-order chi connectivity index (χ1) is 8.42. The van der Waals surface area contributed by atoms with Gasteiger partial charge in [-0.15, -0.1) is 0 Å². The molecule has 0 fully saturated rings. The molecule has 1 aromatic rings. The lowest BCUT2D eigenvalue weighted by molar-refractivity contribution is -0.132. The van der Waals surface area contributed by atoms with Gasteiger partial charge in [0, 0.05) is 25.5 Å². The number of ether oxygens (including phenoxy) is 2. The summed E-state index contributed by atoms with van der Waals surface area (Å²) in [5, 5.41) is 18.0. The lowest BCUT2D eigenvalue weighted by atomic mass is 10.1. The van der Waals surface area contributed by atoms with Crippen LogP contribution in [0.15, 0.2) is 18.2 Å². The molecule has 0 saturated carbocycles. The molecule has 1 aromatic carbocycles. The van der Waals surface area contributed by atoms with Crippen LogP contribution >= 0.6 is 0 Å². The molecule has 94 valence electrons. The molecular formula is C12H11NO5. The zero-order valence-electron chi connectivity index (χ0n) is 9.84. The van der Waals surface area contributed by atoms with E-state index in [2.05, 4.69) is 0 Å². The molecule has 0 aliphatic carbocycles. The Kier molecular flexibility index (Phi) is 4.40. The monoisotopic (exact) mass is 249 g/mol. The number of nitrogens with zero attached hydrogens (tertiary/aromatic N) is 1. The number of aliphatic hydroxyl groups excluding tert-OH is 1. The normalized spacial score (nSPS) is 11.2. The lowest BCUT2D eigenvalue weighted by Gasteiger charge is -2.09. The minimum absolute atomic E-state index is 0.0885. The van der Waals surface area contributed by atoms with Crippen LogP contribution in [0.5, 0.6) is 11.5 Å². The molecule has 0 bridgehead atoms. The first-order valence-electron chi connectivity index (χ1n) is 5.02. The molecular weight excluding hydrogens is 238 g/mol. The lowest BCUT2D eigenvalue weighted by Crippen LogP contribution is -2.06. The zero-order valence-corrected chi connectivity index (χ0v) is 9.84. The predicted octanol–water partition coefficient (Wildman–Crippen LogP) is 1.09. The van der Waals surface area contributed by atoms with E-state index in [1.165, 1.54) is 32.0 Å². The Balaban J connectivity index is 3.15. The Labute approximate surface area is 103 Å². The number of benzene rings is 1. The highest BCUT2D eigenvalue weighted by molar-refractivity contribution is 5.71. The first-order valence-corrected chi connectivity index (χ1v) is 5.02. The summed E-state index contributed by atoms with van der Waals surface area (Å²) >= 11 is 0. The van der Waals surface area contributed by atoms with Gasteiger partial charge in [0.1, 0.15) is 11.5 Å². The molecule has 18 heavy (non-hydrogen) atoms. The molecule has 0 saturated heterocycles. The molecule has 1 atom stereocenters. The van der Waals surface area contributed by atoms with Crippen LogP contribution < -0.4 is 9.47 Å². The van der Waals surface area contributed by atoms with Gasteiger partial charge < -0.3 is 14.6 Å². The van der Waals surface area contributed by atoms with Crippen LogP contribution in [-0.2, 0) is 9.59 Å². The summed E-state index contributed by atoms with van der Waals surface area (Å²) in [6.45, 7) is 2.41. The predicted molar refractivity (Wildman–Crippen MR) is 59.6 cm³/mol. The summed E-state index contributed by atoms with van der Waals surface area (Å²) in [5.74, 6) is -0.948. The van der Waals surface area contributed by atoms with Gasteiger partial charge in [-0.2, -0.15) is 5.26 Å². The number of rotatable bonds is 3. The van der Waals surface area contributed by atoms with E-state index < -0.39 is 18.0 Å². The van der Waals surface area contributed by atoms with E-state index in [-0.39, 0.29) is 17.1 Å². The topological polar surface area (TPSA) is 96.6 Å². The van der Waals surface area contributed by atoms with E-state index in [1.54, 1.807) is 6.07 Å². The highest BCUT2D eigenvalue weighted by Crippen LogP contribution is 2.26. The smallest absolute Gasteiger partial charge is 0.308 e. The van der Waals surface area contributed by atoms with Crippen molar-refractivity contribution in [1.29, 1.82) is 5.26 Å². The Morgan fingerprint density at radius 2 is 1.61 bits per heavy atom. The molecule has 6 nitrogen and oxygen atoms in total. The fourth-order valence-corrected chi connectivity index (χ4v) is 1.28. The summed E-state index contributed by atoms with van der Waals surface area (Å²) in [6, 6.07) is 5.58. The van der Waals surface area contributed by atoms with Crippen molar-refractivity contribution < 1.29 is 24.2 Å². The molecule has 0 unspecified atom stereocenters. The SMILES string of the molecule is CC(=O)Oc1cc(OC(C)=O)cc([C@@H](O)C#N)c1. The van der Waals surface area contributed by atoms with Gasteiger partial charge in [0.15, 0.2) is 6.10 Å². The summed E-state index contributed by atoms with van der Waals surface area (Å²) in [4.78, 5) is 21.7. The Morgan fingerprint density at radius 3 is 1.94 bits per heavy atom. The average Bonchev–Trinajstić information content (AvgIpc) is 2.25. The summed E-state index contributed by atoms with van der Waals surface area (Å²) in [5.41, 5.74) is 0.174. The van der Waals surface area contributed by atoms with Gasteiger partial charge in [0.25, 0.3) is 0 Å². The molecule has 0 aliphatic rings. The Bertz CT molecular complexity index is 483. The van der Waals surface area contributed by atoms with Crippen LogP contribution in [-0.4, -0.2) is 17.0 Å². The summed E-state index contributed by atoms with van der Waals surface area (Å²) < 4.78 is 9.64. The van der Waals surface area contributed by atoms with E-state index in [0.29, 0.717) is 0 Å². The molecule has 0 amide bonds. The molecule has 6 heteroatoms. The second-order valence-electron chi connectivity index (χ2n) is 3.46. The highest BCUT2D eigenvalue weighted by Gasteiger charge is 2.12. The average molecular weight is 249 g/mol. The minimum Gasteiger partial charge on any atom is -0.427 e. The van der Waals surface area contributed by atoms with E-state index >= 15 is 0 Å². The van der Waals surface area contributed by atoms with Gasteiger partial charge in [-0.3, -0.25) is 9.59 Å². The second-order valence-corrected chi connectivity index (χ2v) is 3.46. The third-order valence-electron chi connectivity index (χ3n) is 1.86. The van der Waals surface area contributed by atoms with Gasteiger partial charge in [0.05, 0.1) is 6.07 Å². The molecule has 0 radical (unpaired) electrons. The molecule has 0 spiro atoms. The number of esters is 2. The van der Waals surface area contributed by atoms with Crippen molar-refractivity contribution in [3.05, 3.63) is 23.8 Å². The summed E-state index contributed by atoms with van der Waals surface area (Å²) in [7, 11) is 0. The molecule has 0 heterocycles. The van der Waals surface area contributed by atoms with E-state index in [1.807, 2.05) is 0 Å². The van der Waals surface area contributed by atoms with Crippen molar-refractivity contribution in [2.45, 2.75) is 20.0 Å². The first kappa shape index (κ1) is 13.7. The quantitative estimate of drug-likeness (QED) is 0.489. The maximum Gasteiger partial charge on any atom is 0.308 e. The highest BCUT2D eigenvalue weighted by atomic mass is 16.5. The number of carbonyl (C=O) groups is 2.